The zero-order valence-electron chi connectivity index (χ0n) is 21.1. The van der Waals surface area contributed by atoms with Crippen LogP contribution in [0.4, 0.5) is 15.8 Å². The lowest BCUT2D eigenvalue weighted by Gasteiger charge is -2.39. The lowest BCUT2D eigenvalue weighted by atomic mass is 9.86. The molecule has 204 valence electrons. The monoisotopic (exact) mass is 564 g/mol. The van der Waals surface area contributed by atoms with E-state index in [1.165, 1.54) is 24.3 Å². The van der Waals surface area contributed by atoms with Crippen LogP contribution in [-0.4, -0.2) is 51.6 Å². The van der Waals surface area contributed by atoms with E-state index in [0.29, 0.717) is 17.9 Å². The van der Waals surface area contributed by atoms with Gasteiger partial charge in [-0.2, -0.15) is 8.42 Å². The molecule has 2 aromatic rings. The number of fused-ring (bicyclic) bond motifs is 1. The summed E-state index contributed by atoms with van der Waals surface area (Å²) in [7, 11) is -8.01. The summed E-state index contributed by atoms with van der Waals surface area (Å²) >= 11 is 0. The van der Waals surface area contributed by atoms with Crippen molar-refractivity contribution in [3.8, 4) is 0 Å². The largest absolute Gasteiger partial charge is 0.341 e. The first-order valence-corrected chi connectivity index (χ1v) is 15.4. The second-order valence-corrected chi connectivity index (χ2v) is 13.3. The summed E-state index contributed by atoms with van der Waals surface area (Å²) in [5.41, 5.74) is 0.769. The van der Waals surface area contributed by atoms with Crippen LogP contribution < -0.4 is 10.0 Å². The van der Waals surface area contributed by atoms with Crippen molar-refractivity contribution in [3.05, 3.63) is 53.8 Å². The first-order valence-electron chi connectivity index (χ1n) is 12.0. The Balaban J connectivity index is 1.66. The van der Waals surface area contributed by atoms with Crippen molar-refractivity contribution in [2.24, 2.45) is 16.2 Å². The molecule has 2 aliphatic heterocycles. The van der Waals surface area contributed by atoms with Crippen molar-refractivity contribution in [3.63, 3.8) is 0 Å². The normalized spacial score (nSPS) is 21.1. The molecule has 0 aromatic heterocycles. The number of amidine groups is 1. The third kappa shape index (κ3) is 6.21. The van der Waals surface area contributed by atoms with Gasteiger partial charge in [-0.15, -0.1) is 4.40 Å². The van der Waals surface area contributed by atoms with Crippen LogP contribution in [0, 0.1) is 17.7 Å². The zero-order valence-corrected chi connectivity index (χ0v) is 22.8. The number of rotatable bonds is 8. The van der Waals surface area contributed by atoms with E-state index in [4.69, 9.17) is 0 Å². The Bertz CT molecular complexity index is 1500. The van der Waals surface area contributed by atoms with E-state index in [1.807, 2.05) is 13.8 Å². The molecule has 38 heavy (non-hydrogen) atoms. The van der Waals surface area contributed by atoms with Crippen molar-refractivity contribution < 1.29 is 30.8 Å². The number of hydrogen-bond donors (Lipinski definition) is 2. The Labute approximate surface area is 221 Å². The minimum atomic E-state index is -4.36. The van der Waals surface area contributed by atoms with Crippen LogP contribution in [0.15, 0.2) is 51.8 Å². The second-order valence-electron chi connectivity index (χ2n) is 9.98. The van der Waals surface area contributed by atoms with Gasteiger partial charge in [-0.1, -0.05) is 26.0 Å². The predicted octanol–water partition coefficient (Wildman–Crippen LogP) is 3.13. The maximum atomic E-state index is 13.7. The Kier molecular flexibility index (Phi) is 7.62. The van der Waals surface area contributed by atoms with Gasteiger partial charge in [-0.05, 0) is 54.7 Å². The maximum absolute atomic E-state index is 13.7. The number of ketones is 1. The summed E-state index contributed by atoms with van der Waals surface area (Å²) in [6.07, 6.45) is 2.32. The molecule has 1 amide bonds. The third-order valence-corrected chi connectivity index (χ3v) is 8.33. The van der Waals surface area contributed by atoms with Gasteiger partial charge in [0.25, 0.3) is 10.0 Å². The van der Waals surface area contributed by atoms with E-state index in [0.717, 1.165) is 18.7 Å². The number of nitrogens with zero attached hydrogens (tertiary/aromatic N) is 2. The molecule has 13 heteroatoms. The molecule has 0 aliphatic carbocycles. The molecule has 2 aromatic carbocycles. The van der Waals surface area contributed by atoms with Gasteiger partial charge in [0.2, 0.25) is 15.9 Å². The van der Waals surface area contributed by atoms with Gasteiger partial charge in [-0.25, -0.2) is 12.8 Å². The zero-order chi connectivity index (χ0) is 27.8. The summed E-state index contributed by atoms with van der Waals surface area (Å²) < 4.78 is 68.6. The van der Waals surface area contributed by atoms with Crippen LogP contribution in [0.3, 0.4) is 0 Å². The van der Waals surface area contributed by atoms with Gasteiger partial charge >= 0.3 is 0 Å². The van der Waals surface area contributed by atoms with E-state index in [9.17, 15) is 30.8 Å². The number of anilines is 2. The quantitative estimate of drug-likeness (QED) is 0.469. The minimum absolute atomic E-state index is 0.0230. The molecule has 2 heterocycles. The number of amides is 1. The summed E-state index contributed by atoms with van der Waals surface area (Å²) in [6.45, 7) is 4.21. The molecule has 10 nitrogen and oxygen atoms in total. The molecule has 0 bridgehead atoms. The SMILES string of the molecule is CC(C)CCC1CC(=O)C(C2=NS(=O)(=O)c3cc(NS(C)(=O)=O)ccc3N2)C(=O)N1Cc1ccc(F)cc1. The van der Waals surface area contributed by atoms with Crippen LogP contribution in [0.1, 0.15) is 38.7 Å². The summed E-state index contributed by atoms with van der Waals surface area (Å²) in [5, 5.41) is 2.81. The second kappa shape index (κ2) is 10.4. The van der Waals surface area contributed by atoms with Crippen LogP contribution in [0.2, 0.25) is 0 Å². The first kappa shape index (κ1) is 27.7. The molecule has 2 unspecified atom stereocenters. The number of Topliss-reactive ketones (excluding diaryl/α,β-unsaturated/α-hetero) is 1. The van der Waals surface area contributed by atoms with Gasteiger partial charge < -0.3 is 10.2 Å². The fourth-order valence-corrected chi connectivity index (χ4v) is 6.31. The topological polar surface area (TPSA) is 142 Å². The van der Waals surface area contributed by atoms with Gasteiger partial charge in [0.15, 0.2) is 11.7 Å². The van der Waals surface area contributed by atoms with E-state index < -0.39 is 49.5 Å². The van der Waals surface area contributed by atoms with Crippen molar-refractivity contribution >= 4 is 48.9 Å². The minimum Gasteiger partial charge on any atom is -0.341 e. The average Bonchev–Trinajstić information content (AvgIpc) is 2.80. The number of sulfonamides is 2. The number of benzene rings is 2. The fraction of sp³-hybridized carbons (Fsp3) is 0.400. The lowest BCUT2D eigenvalue weighted by molar-refractivity contribution is -0.147. The van der Waals surface area contributed by atoms with Crippen LogP contribution in [0.25, 0.3) is 0 Å². The van der Waals surface area contributed by atoms with E-state index >= 15 is 0 Å². The third-order valence-electron chi connectivity index (χ3n) is 6.39. The molecule has 0 saturated carbocycles. The summed E-state index contributed by atoms with van der Waals surface area (Å²) in [5.74, 6) is -2.86. The highest BCUT2D eigenvalue weighted by atomic mass is 32.2. The lowest BCUT2D eigenvalue weighted by Crippen LogP contribution is -2.55. The van der Waals surface area contributed by atoms with Crippen molar-refractivity contribution in [2.45, 2.75) is 50.6 Å². The molecule has 0 spiro atoms. The van der Waals surface area contributed by atoms with Crippen molar-refractivity contribution in [2.75, 3.05) is 16.3 Å². The van der Waals surface area contributed by atoms with E-state index in [1.54, 1.807) is 17.0 Å². The number of halogens is 1. The van der Waals surface area contributed by atoms with Crippen molar-refractivity contribution in [1.82, 2.24) is 4.90 Å². The fourth-order valence-electron chi connectivity index (χ4n) is 4.57. The molecular weight excluding hydrogens is 535 g/mol. The Morgan fingerprint density at radius 2 is 1.84 bits per heavy atom. The standard InChI is InChI=1S/C25H29FN4O6S2/c1-15(2)4-10-19-13-21(31)23(25(32)30(19)14-16-5-7-17(26)8-6-16)24-27-20-11-9-18(28-37(3,33)34)12-22(20)38(35,36)29-24/h5-9,11-12,15,19,23,28H,4,10,13-14H2,1-3H3,(H,27,29). The van der Waals surface area contributed by atoms with Crippen molar-refractivity contribution in [1.29, 1.82) is 0 Å². The van der Waals surface area contributed by atoms with Gasteiger partial charge in [0, 0.05) is 24.7 Å². The molecule has 2 N–H and O–H groups in total. The highest BCUT2D eigenvalue weighted by Crippen LogP contribution is 2.34. The number of carbonyl (C=O) groups excluding carboxylic acids is 2. The molecular formula is C25H29FN4O6S2. The Morgan fingerprint density at radius 1 is 1.16 bits per heavy atom. The molecule has 4 rings (SSSR count). The Hall–Kier alpha value is -3.32. The number of piperidine rings is 1. The van der Waals surface area contributed by atoms with E-state index in [2.05, 4.69) is 14.4 Å². The highest BCUT2D eigenvalue weighted by molar-refractivity contribution is 7.92. The van der Waals surface area contributed by atoms with Crippen LogP contribution >= 0.6 is 0 Å². The maximum Gasteiger partial charge on any atom is 0.286 e. The van der Waals surface area contributed by atoms with Crippen LogP contribution in [0.5, 0.6) is 0 Å². The average molecular weight is 565 g/mol. The van der Waals surface area contributed by atoms with Gasteiger partial charge in [0.1, 0.15) is 16.5 Å². The molecule has 1 fully saturated rings. The molecule has 0 radical (unpaired) electrons. The molecule has 2 atom stereocenters. The summed E-state index contributed by atoms with van der Waals surface area (Å²) in [6, 6.07) is 9.13. The van der Waals surface area contributed by atoms with Crippen LogP contribution in [-0.2, 0) is 36.2 Å². The molecule has 1 saturated heterocycles. The smallest absolute Gasteiger partial charge is 0.286 e. The predicted molar refractivity (Wildman–Crippen MR) is 141 cm³/mol. The first-order chi connectivity index (χ1) is 17.7. The van der Waals surface area contributed by atoms with Gasteiger partial charge in [0.05, 0.1) is 11.9 Å². The number of nitrogens with one attached hydrogen (secondary N) is 2. The number of hydrogen-bond acceptors (Lipinski definition) is 7. The highest BCUT2D eigenvalue weighted by Gasteiger charge is 2.45. The number of likely N-dealkylation sites (tertiary alicyclic amines) is 1. The summed E-state index contributed by atoms with van der Waals surface area (Å²) in [4.78, 5) is 28.2. The van der Waals surface area contributed by atoms with E-state index in [-0.39, 0.29) is 35.1 Å². The van der Waals surface area contributed by atoms with Gasteiger partial charge in [-0.3, -0.25) is 14.3 Å². The molecule has 2 aliphatic rings. The Morgan fingerprint density at radius 3 is 2.47 bits per heavy atom. The number of carbonyl (C=O) groups is 2.